The van der Waals surface area contributed by atoms with Gasteiger partial charge in [0.25, 0.3) is 10.1 Å². The molecule has 3 aromatic rings. The highest BCUT2D eigenvalue weighted by molar-refractivity contribution is 7.86. The van der Waals surface area contributed by atoms with Crippen LogP contribution < -0.4 is 5.32 Å². The fourth-order valence-corrected chi connectivity index (χ4v) is 4.60. The second kappa shape index (κ2) is 7.75. The molecule has 30 heavy (non-hydrogen) atoms. The summed E-state index contributed by atoms with van der Waals surface area (Å²) < 4.78 is 38.2. The van der Waals surface area contributed by atoms with Crippen LogP contribution in [-0.4, -0.2) is 25.7 Å². The molecule has 1 aliphatic carbocycles. The number of anilines is 1. The molecule has 0 heterocycles. The largest absolute Gasteiger partial charge is 0.448 e. The molecule has 1 amide bonds. The number of rotatable bonds is 4. The summed E-state index contributed by atoms with van der Waals surface area (Å²) in [4.78, 5) is 11.9. The lowest BCUT2D eigenvalue weighted by Gasteiger charge is -2.16. The minimum atomic E-state index is -4.58. The van der Waals surface area contributed by atoms with E-state index < -0.39 is 21.1 Å². The van der Waals surface area contributed by atoms with Crippen molar-refractivity contribution in [2.45, 2.75) is 17.7 Å². The van der Waals surface area contributed by atoms with Crippen molar-refractivity contribution in [1.29, 1.82) is 0 Å². The summed E-state index contributed by atoms with van der Waals surface area (Å²) >= 11 is 5.95. The molecule has 0 bridgehead atoms. The molecule has 0 aliphatic heterocycles. The van der Waals surface area contributed by atoms with Gasteiger partial charge in [0, 0.05) is 10.9 Å². The zero-order valence-corrected chi connectivity index (χ0v) is 17.5. The van der Waals surface area contributed by atoms with Gasteiger partial charge in [-0.1, -0.05) is 60.1 Å². The van der Waals surface area contributed by atoms with Crippen molar-refractivity contribution in [2.75, 3.05) is 11.9 Å². The number of aryl methyl sites for hydroxylation is 1. The van der Waals surface area contributed by atoms with E-state index in [4.69, 9.17) is 16.3 Å². The molecule has 0 unspecified atom stereocenters. The van der Waals surface area contributed by atoms with Gasteiger partial charge in [0.1, 0.15) is 11.5 Å². The number of benzene rings is 3. The molecule has 0 spiro atoms. The standard InChI is InChI=1S/C22H18ClNO5S/c1-13-10-20(21(11-19(13)23)30(26,27)28)24-22(25)29-12-18-16-8-4-2-6-14(16)15-7-3-5-9-17(15)18/h2-11,18H,12H2,1H3,(H,24,25)(H,26,27,28). The number of hydrogen-bond acceptors (Lipinski definition) is 4. The van der Waals surface area contributed by atoms with E-state index in [1.54, 1.807) is 6.92 Å². The Hall–Kier alpha value is -2.87. The summed E-state index contributed by atoms with van der Waals surface area (Å²) in [5, 5.41) is 2.55. The van der Waals surface area contributed by atoms with Gasteiger partial charge in [-0.3, -0.25) is 9.87 Å². The number of amides is 1. The van der Waals surface area contributed by atoms with Gasteiger partial charge in [-0.25, -0.2) is 4.79 Å². The number of hydrogen-bond donors (Lipinski definition) is 2. The molecule has 6 nitrogen and oxygen atoms in total. The summed E-state index contributed by atoms with van der Waals surface area (Å²) in [5.74, 6) is -0.129. The number of ether oxygens (including phenoxy) is 1. The van der Waals surface area contributed by atoms with Crippen LogP contribution in [0.5, 0.6) is 0 Å². The SMILES string of the molecule is Cc1cc(NC(=O)OCC2c3ccccc3-c3ccccc32)c(S(=O)(=O)O)cc1Cl. The van der Waals surface area contributed by atoms with Crippen LogP contribution in [0.2, 0.25) is 5.02 Å². The van der Waals surface area contributed by atoms with Crippen LogP contribution in [-0.2, 0) is 14.9 Å². The van der Waals surface area contributed by atoms with Crippen LogP contribution in [0.15, 0.2) is 65.6 Å². The second-order valence-corrected chi connectivity index (χ2v) is 8.82. The van der Waals surface area contributed by atoms with E-state index >= 15 is 0 Å². The minimum Gasteiger partial charge on any atom is -0.448 e. The Morgan fingerprint density at radius 2 is 1.63 bits per heavy atom. The Kier molecular flexibility index (Phi) is 5.27. The van der Waals surface area contributed by atoms with Crippen molar-refractivity contribution in [3.05, 3.63) is 82.4 Å². The molecule has 154 valence electrons. The molecule has 0 radical (unpaired) electrons. The first kappa shape index (κ1) is 20.4. The van der Waals surface area contributed by atoms with E-state index in [1.165, 1.54) is 6.07 Å². The molecular weight excluding hydrogens is 426 g/mol. The van der Waals surface area contributed by atoms with Crippen LogP contribution in [0.3, 0.4) is 0 Å². The molecule has 2 N–H and O–H groups in total. The molecule has 0 atom stereocenters. The summed E-state index contributed by atoms with van der Waals surface area (Å²) in [5.41, 5.74) is 4.77. The maximum Gasteiger partial charge on any atom is 0.411 e. The molecule has 1 aliphatic rings. The maximum absolute atomic E-state index is 12.4. The van der Waals surface area contributed by atoms with Gasteiger partial charge < -0.3 is 4.74 Å². The highest BCUT2D eigenvalue weighted by atomic mass is 35.5. The topological polar surface area (TPSA) is 92.7 Å². The number of nitrogens with one attached hydrogen (secondary N) is 1. The van der Waals surface area contributed by atoms with E-state index in [1.807, 2.05) is 48.5 Å². The summed E-state index contributed by atoms with van der Waals surface area (Å²) in [6.07, 6.45) is -0.830. The Labute approximate surface area is 179 Å². The van der Waals surface area contributed by atoms with Crippen LogP contribution in [0.1, 0.15) is 22.6 Å². The van der Waals surface area contributed by atoms with Crippen molar-refractivity contribution in [3.63, 3.8) is 0 Å². The first-order chi connectivity index (χ1) is 14.3. The van der Waals surface area contributed by atoms with Crippen molar-refractivity contribution in [1.82, 2.24) is 0 Å². The monoisotopic (exact) mass is 443 g/mol. The maximum atomic E-state index is 12.4. The van der Waals surface area contributed by atoms with Crippen molar-refractivity contribution in [2.24, 2.45) is 0 Å². The lowest BCUT2D eigenvalue weighted by molar-refractivity contribution is 0.158. The molecule has 0 saturated carbocycles. The molecule has 0 aromatic heterocycles. The summed E-state index contributed by atoms with van der Waals surface area (Å²) in [6, 6.07) is 18.3. The first-order valence-electron chi connectivity index (χ1n) is 9.15. The van der Waals surface area contributed by atoms with Gasteiger partial charge in [-0.2, -0.15) is 8.42 Å². The van der Waals surface area contributed by atoms with E-state index in [0.29, 0.717) is 5.56 Å². The Bertz CT molecular complexity index is 1210. The molecule has 8 heteroatoms. The number of carbonyl (C=O) groups is 1. The van der Waals surface area contributed by atoms with Crippen LogP contribution >= 0.6 is 11.6 Å². The molecular formula is C22H18ClNO5S. The third-order valence-electron chi connectivity index (χ3n) is 5.12. The Morgan fingerprint density at radius 1 is 1.07 bits per heavy atom. The molecule has 3 aromatic carbocycles. The zero-order chi connectivity index (χ0) is 21.5. The molecule has 4 rings (SSSR count). The van der Waals surface area contributed by atoms with Gasteiger partial charge in [0.2, 0.25) is 0 Å². The highest BCUT2D eigenvalue weighted by Crippen LogP contribution is 2.44. The minimum absolute atomic E-state index is 0.0770. The second-order valence-electron chi connectivity index (χ2n) is 7.02. The van der Waals surface area contributed by atoms with E-state index in [0.717, 1.165) is 28.3 Å². The predicted octanol–water partition coefficient (Wildman–Crippen LogP) is 5.26. The number of halogens is 1. The van der Waals surface area contributed by atoms with Gasteiger partial charge in [0.15, 0.2) is 0 Å². The normalized spacial score (nSPS) is 12.9. The molecule has 0 fully saturated rings. The number of fused-ring (bicyclic) bond motifs is 3. The van der Waals surface area contributed by atoms with E-state index in [9.17, 15) is 17.8 Å². The van der Waals surface area contributed by atoms with Crippen LogP contribution in [0.4, 0.5) is 10.5 Å². The van der Waals surface area contributed by atoms with Gasteiger partial charge in [-0.05, 0) is 46.9 Å². The summed E-state index contributed by atoms with van der Waals surface area (Å²) in [6.45, 7) is 1.73. The third-order valence-corrected chi connectivity index (χ3v) is 6.42. The Morgan fingerprint density at radius 3 is 2.20 bits per heavy atom. The van der Waals surface area contributed by atoms with Gasteiger partial charge >= 0.3 is 6.09 Å². The van der Waals surface area contributed by atoms with Crippen LogP contribution in [0, 0.1) is 6.92 Å². The van der Waals surface area contributed by atoms with Crippen molar-refractivity contribution < 1.29 is 22.5 Å². The fraction of sp³-hybridized carbons (Fsp3) is 0.136. The third kappa shape index (κ3) is 3.79. The first-order valence-corrected chi connectivity index (χ1v) is 11.0. The lowest BCUT2D eigenvalue weighted by atomic mass is 9.98. The average molecular weight is 444 g/mol. The lowest BCUT2D eigenvalue weighted by Crippen LogP contribution is -2.19. The van der Waals surface area contributed by atoms with Gasteiger partial charge in [0.05, 0.1) is 5.69 Å². The fourth-order valence-electron chi connectivity index (χ4n) is 3.72. The quantitative estimate of drug-likeness (QED) is 0.537. The van der Waals surface area contributed by atoms with Crippen molar-refractivity contribution >= 4 is 33.5 Å². The Balaban J connectivity index is 1.55. The van der Waals surface area contributed by atoms with Crippen LogP contribution in [0.25, 0.3) is 11.1 Å². The highest BCUT2D eigenvalue weighted by Gasteiger charge is 2.29. The predicted molar refractivity (Wildman–Crippen MR) is 115 cm³/mol. The zero-order valence-electron chi connectivity index (χ0n) is 15.9. The van der Waals surface area contributed by atoms with Crippen molar-refractivity contribution in [3.8, 4) is 11.1 Å². The smallest absolute Gasteiger partial charge is 0.411 e. The van der Waals surface area contributed by atoms with E-state index in [2.05, 4.69) is 5.32 Å². The average Bonchev–Trinajstić information content (AvgIpc) is 3.02. The van der Waals surface area contributed by atoms with Gasteiger partial charge in [-0.15, -0.1) is 0 Å². The molecule has 0 saturated heterocycles. The summed E-state index contributed by atoms with van der Waals surface area (Å²) in [7, 11) is -4.58. The van der Waals surface area contributed by atoms with E-state index in [-0.39, 0.29) is 23.2 Å². The number of carbonyl (C=O) groups excluding carboxylic acids is 1.